The third-order valence-electron chi connectivity index (χ3n) is 2.74. The van der Waals surface area contributed by atoms with E-state index in [9.17, 15) is 9.18 Å². The summed E-state index contributed by atoms with van der Waals surface area (Å²) in [4.78, 5) is 11.2. The van der Waals surface area contributed by atoms with Crippen LogP contribution in [0.2, 0.25) is 0 Å². The maximum absolute atomic E-state index is 12.7. The van der Waals surface area contributed by atoms with E-state index in [0.29, 0.717) is 29.9 Å². The minimum Gasteiger partial charge on any atom is -0.365 e. The van der Waals surface area contributed by atoms with E-state index in [0.717, 1.165) is 5.56 Å². The molecular weight excluding hydrogens is 235 g/mol. The number of benzene rings is 1. The summed E-state index contributed by atoms with van der Waals surface area (Å²) in [6.07, 6.45) is 1.17. The first-order valence-electron chi connectivity index (χ1n) is 5.57. The lowest BCUT2D eigenvalue weighted by Gasteiger charge is -2.00. The predicted molar refractivity (Wildman–Crippen MR) is 63.6 cm³/mol. The molecule has 0 aliphatic rings. The number of carbonyl (C=O) groups is 1. The maximum atomic E-state index is 12.7. The monoisotopic (exact) mass is 248 g/mol. The normalized spacial score (nSPS) is 10.6. The van der Waals surface area contributed by atoms with Crippen molar-refractivity contribution in [1.29, 1.82) is 0 Å². The van der Waals surface area contributed by atoms with E-state index >= 15 is 0 Å². The Hall–Kier alpha value is -2.17. The van der Waals surface area contributed by atoms with Crippen LogP contribution in [0.1, 0.15) is 27.4 Å². The van der Waals surface area contributed by atoms with Crippen molar-refractivity contribution in [1.82, 2.24) is 5.16 Å². The second-order valence-corrected chi connectivity index (χ2v) is 4.05. The van der Waals surface area contributed by atoms with E-state index < -0.39 is 5.91 Å². The van der Waals surface area contributed by atoms with Gasteiger partial charge < -0.3 is 10.3 Å². The molecule has 2 N–H and O–H groups in total. The maximum Gasteiger partial charge on any atom is 0.254 e. The third-order valence-corrected chi connectivity index (χ3v) is 2.74. The average Bonchev–Trinajstić information content (AvgIpc) is 2.70. The first kappa shape index (κ1) is 12.3. The molecule has 2 rings (SSSR count). The first-order valence-corrected chi connectivity index (χ1v) is 5.57. The minimum atomic E-state index is -0.539. The van der Waals surface area contributed by atoms with Gasteiger partial charge in [0.05, 0.1) is 5.69 Å². The predicted octanol–water partition coefficient (Wildman–Crippen LogP) is 2.01. The summed E-state index contributed by atoms with van der Waals surface area (Å²) in [5.41, 5.74) is 7.12. The van der Waals surface area contributed by atoms with E-state index in [1.165, 1.54) is 12.1 Å². The molecule has 0 radical (unpaired) electrons. The molecule has 0 bridgehead atoms. The van der Waals surface area contributed by atoms with Crippen LogP contribution in [0.4, 0.5) is 4.39 Å². The molecule has 1 heterocycles. The van der Waals surface area contributed by atoms with Gasteiger partial charge in [0.15, 0.2) is 0 Å². The number of nitrogens with zero attached hydrogens (tertiary/aromatic N) is 1. The lowest BCUT2D eigenvalue weighted by Crippen LogP contribution is -2.14. The number of halogens is 1. The highest BCUT2D eigenvalue weighted by Crippen LogP contribution is 2.15. The number of carbonyl (C=O) groups excluding carboxylic acids is 1. The van der Waals surface area contributed by atoms with Crippen LogP contribution in [0.5, 0.6) is 0 Å². The Morgan fingerprint density at radius 3 is 2.61 bits per heavy atom. The molecule has 4 nitrogen and oxygen atoms in total. The summed E-state index contributed by atoms with van der Waals surface area (Å²) in [5.74, 6) is -0.381. The largest absolute Gasteiger partial charge is 0.365 e. The highest BCUT2D eigenvalue weighted by molar-refractivity contribution is 5.94. The zero-order valence-electron chi connectivity index (χ0n) is 9.94. The molecule has 0 unspecified atom stereocenters. The van der Waals surface area contributed by atoms with Gasteiger partial charge in [0.25, 0.3) is 5.91 Å². The van der Waals surface area contributed by atoms with Gasteiger partial charge in [-0.15, -0.1) is 0 Å². The fourth-order valence-corrected chi connectivity index (χ4v) is 1.82. The summed E-state index contributed by atoms with van der Waals surface area (Å²) >= 11 is 0. The van der Waals surface area contributed by atoms with E-state index in [4.69, 9.17) is 10.3 Å². The molecule has 0 atom stereocenters. The Balaban J connectivity index is 2.11. The van der Waals surface area contributed by atoms with E-state index in [1.807, 2.05) is 0 Å². The van der Waals surface area contributed by atoms with E-state index in [1.54, 1.807) is 19.1 Å². The molecule has 0 saturated heterocycles. The fourth-order valence-electron chi connectivity index (χ4n) is 1.82. The van der Waals surface area contributed by atoms with Gasteiger partial charge in [0.1, 0.15) is 17.1 Å². The van der Waals surface area contributed by atoms with Crippen LogP contribution >= 0.6 is 0 Å². The van der Waals surface area contributed by atoms with Crippen molar-refractivity contribution in [3.8, 4) is 0 Å². The lowest BCUT2D eigenvalue weighted by molar-refractivity contribution is 0.0998. The molecule has 0 spiro atoms. The summed E-state index contributed by atoms with van der Waals surface area (Å²) in [7, 11) is 0. The molecule has 2 aromatic rings. The number of amides is 1. The number of aryl methyl sites for hydroxylation is 3. The van der Waals surface area contributed by atoms with Gasteiger partial charge in [-0.25, -0.2) is 4.39 Å². The number of nitrogens with two attached hydrogens (primary N) is 1. The van der Waals surface area contributed by atoms with Crippen LogP contribution in [0.25, 0.3) is 0 Å². The fraction of sp³-hybridized carbons (Fsp3) is 0.231. The number of rotatable bonds is 4. The molecule has 1 aromatic carbocycles. The van der Waals surface area contributed by atoms with Crippen LogP contribution in [0.15, 0.2) is 28.8 Å². The smallest absolute Gasteiger partial charge is 0.254 e. The lowest BCUT2D eigenvalue weighted by atomic mass is 10.0. The summed E-state index contributed by atoms with van der Waals surface area (Å²) in [6.45, 7) is 1.65. The molecule has 0 aliphatic heterocycles. The summed E-state index contributed by atoms with van der Waals surface area (Å²) in [5, 5.41) is 3.82. The van der Waals surface area contributed by atoms with Gasteiger partial charge in [0.2, 0.25) is 0 Å². The highest BCUT2D eigenvalue weighted by Gasteiger charge is 2.17. The van der Waals surface area contributed by atoms with Crippen LogP contribution in [-0.4, -0.2) is 11.1 Å². The molecular formula is C13H13FN2O2. The zero-order valence-corrected chi connectivity index (χ0v) is 9.94. The topological polar surface area (TPSA) is 69.1 Å². The first-order chi connectivity index (χ1) is 8.58. The Labute approximate surface area is 104 Å². The molecule has 0 fully saturated rings. The van der Waals surface area contributed by atoms with E-state index in [-0.39, 0.29) is 5.82 Å². The van der Waals surface area contributed by atoms with Crippen molar-refractivity contribution >= 4 is 5.91 Å². The number of primary amides is 1. The minimum absolute atomic E-state index is 0.270. The second kappa shape index (κ2) is 5.00. The van der Waals surface area contributed by atoms with Crippen molar-refractivity contribution in [2.24, 2.45) is 5.73 Å². The van der Waals surface area contributed by atoms with Crippen LogP contribution in [-0.2, 0) is 12.8 Å². The van der Waals surface area contributed by atoms with Crippen molar-refractivity contribution in [3.63, 3.8) is 0 Å². The molecule has 18 heavy (non-hydrogen) atoms. The number of hydrogen-bond donors (Lipinski definition) is 1. The van der Waals surface area contributed by atoms with Gasteiger partial charge in [-0.1, -0.05) is 17.3 Å². The standard InChI is InChI=1S/C13H13FN2O2/c1-8-12(13(15)17)11(16-18-8)7-4-9-2-5-10(14)6-3-9/h2-3,5-6H,4,7H2,1H3,(H2,15,17). The third kappa shape index (κ3) is 2.56. The molecule has 94 valence electrons. The average molecular weight is 248 g/mol. The second-order valence-electron chi connectivity index (χ2n) is 4.05. The van der Waals surface area contributed by atoms with Crippen molar-refractivity contribution < 1.29 is 13.7 Å². The Bertz CT molecular complexity index is 561. The Morgan fingerprint density at radius 1 is 1.33 bits per heavy atom. The molecule has 0 saturated carbocycles. The number of hydrogen-bond acceptors (Lipinski definition) is 3. The molecule has 0 aliphatic carbocycles. The van der Waals surface area contributed by atoms with Crippen LogP contribution in [0, 0.1) is 12.7 Å². The number of aromatic nitrogens is 1. The van der Waals surface area contributed by atoms with E-state index in [2.05, 4.69) is 5.16 Å². The van der Waals surface area contributed by atoms with Gasteiger partial charge in [-0.2, -0.15) is 0 Å². The summed E-state index contributed by atoms with van der Waals surface area (Å²) in [6, 6.07) is 6.20. The molecule has 1 amide bonds. The zero-order chi connectivity index (χ0) is 13.1. The summed E-state index contributed by atoms with van der Waals surface area (Å²) < 4.78 is 17.7. The van der Waals surface area contributed by atoms with Gasteiger partial charge in [-0.05, 0) is 37.5 Å². The van der Waals surface area contributed by atoms with Crippen molar-refractivity contribution in [2.75, 3.05) is 0 Å². The van der Waals surface area contributed by atoms with Crippen molar-refractivity contribution in [2.45, 2.75) is 19.8 Å². The molecule has 5 heteroatoms. The Morgan fingerprint density at radius 2 is 2.00 bits per heavy atom. The highest BCUT2D eigenvalue weighted by atomic mass is 19.1. The van der Waals surface area contributed by atoms with Gasteiger partial charge >= 0.3 is 0 Å². The van der Waals surface area contributed by atoms with Gasteiger partial charge in [0, 0.05) is 0 Å². The van der Waals surface area contributed by atoms with Gasteiger partial charge in [-0.3, -0.25) is 4.79 Å². The van der Waals surface area contributed by atoms with Crippen LogP contribution in [0.3, 0.4) is 0 Å². The Kier molecular flexibility index (Phi) is 3.41. The van der Waals surface area contributed by atoms with Crippen LogP contribution < -0.4 is 5.73 Å². The SMILES string of the molecule is Cc1onc(CCc2ccc(F)cc2)c1C(N)=O. The molecule has 1 aromatic heterocycles. The van der Waals surface area contributed by atoms with Crippen molar-refractivity contribution in [3.05, 3.63) is 52.7 Å². The quantitative estimate of drug-likeness (QED) is 0.899.